The number of benzene rings is 2. The Hall–Kier alpha value is -2.23. The van der Waals surface area contributed by atoms with Crippen LogP contribution >= 0.6 is 11.9 Å². The van der Waals surface area contributed by atoms with Gasteiger partial charge in [0.05, 0.1) is 6.42 Å². The van der Waals surface area contributed by atoms with Crippen LogP contribution in [0.1, 0.15) is 48.9 Å². The molecule has 0 fully saturated rings. The van der Waals surface area contributed by atoms with E-state index in [1.165, 1.54) is 23.6 Å². The Morgan fingerprint density at radius 1 is 1.19 bits per heavy atom. The van der Waals surface area contributed by atoms with E-state index in [1.807, 2.05) is 12.1 Å². The van der Waals surface area contributed by atoms with Crippen molar-refractivity contribution in [2.45, 2.75) is 57.6 Å². The van der Waals surface area contributed by atoms with E-state index in [1.54, 1.807) is 20.8 Å². The Labute approximate surface area is 192 Å². The van der Waals surface area contributed by atoms with Gasteiger partial charge < -0.3 is 15.4 Å². The van der Waals surface area contributed by atoms with Crippen molar-refractivity contribution in [1.29, 1.82) is 0 Å². The number of hydrogen-bond donors (Lipinski definition) is 2. The number of nitrogens with zero attached hydrogens (tertiary/aromatic N) is 1. The lowest BCUT2D eigenvalue weighted by molar-refractivity contribution is -0.117. The molecule has 5 nitrogen and oxygen atoms in total. The number of halogens is 3. The van der Waals surface area contributed by atoms with Crippen molar-refractivity contribution in [2.75, 3.05) is 14.1 Å². The molecule has 0 spiro atoms. The maximum absolute atomic E-state index is 14.3. The van der Waals surface area contributed by atoms with Gasteiger partial charge in [-0.1, -0.05) is 32.9 Å². The molecule has 178 valence electrons. The quantitative estimate of drug-likeness (QED) is 0.511. The van der Waals surface area contributed by atoms with Gasteiger partial charge >= 0.3 is 6.61 Å². The fraction of sp³-hybridized carbons (Fsp3) is 0.435. The molecule has 2 aromatic carbocycles. The number of rotatable bonds is 9. The zero-order chi connectivity index (χ0) is 24.4. The molecule has 9 heteroatoms. The fourth-order valence-electron chi connectivity index (χ4n) is 3.27. The SMILES string of the molecule is CCc1cc(OC(F)F)c(F)c(C(C)C)c1CC(N)=O.CN(C)Cc1ccc(SN)cc1. The molecule has 0 aromatic heterocycles. The number of ether oxygens (including phenoxy) is 1. The van der Waals surface area contributed by atoms with E-state index in [0.29, 0.717) is 17.5 Å². The Balaban J connectivity index is 0.000000363. The standard InChI is InChI=1S/C14H18F3NO2.C9H14N2S/c1-4-8-5-10(20-14(16)17)13(15)12(7(2)3)9(8)6-11(18)19;1-11(2)7-8-3-5-9(12-10)6-4-8/h5,7,14H,4,6H2,1-3H3,(H2,18,19);3-6H,7,10H2,1-2H3. The number of aryl methyl sites for hydroxylation is 1. The molecule has 0 saturated carbocycles. The molecule has 0 aliphatic carbocycles. The van der Waals surface area contributed by atoms with Crippen LogP contribution in [0.5, 0.6) is 5.75 Å². The summed E-state index contributed by atoms with van der Waals surface area (Å²) in [4.78, 5) is 14.4. The molecule has 0 saturated heterocycles. The van der Waals surface area contributed by atoms with Crippen molar-refractivity contribution in [3.63, 3.8) is 0 Å². The molecule has 0 unspecified atom stereocenters. The highest BCUT2D eigenvalue weighted by molar-refractivity contribution is 7.97. The third-order valence-electron chi connectivity index (χ3n) is 4.55. The van der Waals surface area contributed by atoms with E-state index in [4.69, 9.17) is 10.9 Å². The van der Waals surface area contributed by atoms with E-state index in [2.05, 4.69) is 35.9 Å². The second kappa shape index (κ2) is 13.3. The molecule has 4 N–H and O–H groups in total. The van der Waals surface area contributed by atoms with Gasteiger partial charge in [-0.15, -0.1) is 0 Å². The van der Waals surface area contributed by atoms with Gasteiger partial charge in [-0.05, 0) is 78.8 Å². The number of amides is 1. The van der Waals surface area contributed by atoms with Crippen LogP contribution in [-0.2, 0) is 24.2 Å². The van der Waals surface area contributed by atoms with Crippen LogP contribution in [0, 0.1) is 5.82 Å². The fourth-order valence-corrected chi connectivity index (χ4v) is 3.56. The molecule has 32 heavy (non-hydrogen) atoms. The number of alkyl halides is 2. The highest BCUT2D eigenvalue weighted by Gasteiger charge is 2.23. The molecule has 0 radical (unpaired) electrons. The molecular weight excluding hydrogens is 439 g/mol. The summed E-state index contributed by atoms with van der Waals surface area (Å²) < 4.78 is 43.1. The van der Waals surface area contributed by atoms with E-state index in [9.17, 15) is 18.0 Å². The summed E-state index contributed by atoms with van der Waals surface area (Å²) in [5, 5.41) is 5.41. The predicted molar refractivity (Wildman–Crippen MR) is 123 cm³/mol. The maximum atomic E-state index is 14.3. The second-order valence-corrected chi connectivity index (χ2v) is 8.48. The van der Waals surface area contributed by atoms with Crippen molar-refractivity contribution < 1.29 is 22.7 Å². The Kier molecular flexibility index (Phi) is 11.6. The first-order chi connectivity index (χ1) is 15.0. The Morgan fingerprint density at radius 3 is 2.19 bits per heavy atom. The van der Waals surface area contributed by atoms with Crippen molar-refractivity contribution in [2.24, 2.45) is 10.9 Å². The lowest BCUT2D eigenvalue weighted by Gasteiger charge is -2.19. The second-order valence-electron chi connectivity index (χ2n) is 7.77. The van der Waals surface area contributed by atoms with Crippen molar-refractivity contribution in [3.05, 3.63) is 58.4 Å². The van der Waals surface area contributed by atoms with Crippen LogP contribution in [0.25, 0.3) is 0 Å². The first kappa shape index (κ1) is 27.8. The molecule has 0 heterocycles. The van der Waals surface area contributed by atoms with Crippen LogP contribution in [0.3, 0.4) is 0 Å². The summed E-state index contributed by atoms with van der Waals surface area (Å²) in [5.74, 6) is -2.22. The minimum Gasteiger partial charge on any atom is -0.432 e. The zero-order valence-corrected chi connectivity index (χ0v) is 19.9. The van der Waals surface area contributed by atoms with Crippen molar-refractivity contribution in [1.82, 2.24) is 4.90 Å². The van der Waals surface area contributed by atoms with Gasteiger partial charge in [-0.25, -0.2) is 4.39 Å². The number of primary amides is 1. The summed E-state index contributed by atoms with van der Waals surface area (Å²) in [5.41, 5.74) is 7.75. The van der Waals surface area contributed by atoms with E-state index >= 15 is 0 Å². The van der Waals surface area contributed by atoms with Gasteiger partial charge in [0.2, 0.25) is 5.91 Å². The first-order valence-corrected chi connectivity index (χ1v) is 11.1. The number of carbonyl (C=O) groups is 1. The van der Waals surface area contributed by atoms with Gasteiger partial charge in [0.1, 0.15) is 0 Å². The predicted octanol–water partition coefficient (Wildman–Crippen LogP) is 4.85. The van der Waals surface area contributed by atoms with Gasteiger partial charge in [-0.2, -0.15) is 8.78 Å². The van der Waals surface area contributed by atoms with Gasteiger partial charge in [-0.3, -0.25) is 9.93 Å². The number of hydrogen-bond acceptors (Lipinski definition) is 5. The highest BCUT2D eigenvalue weighted by Crippen LogP contribution is 2.34. The summed E-state index contributed by atoms with van der Waals surface area (Å²) >= 11 is 1.28. The number of carbonyl (C=O) groups excluding carboxylic acids is 1. The van der Waals surface area contributed by atoms with Crippen molar-refractivity contribution in [3.8, 4) is 5.75 Å². The van der Waals surface area contributed by atoms with Crippen LogP contribution in [-0.4, -0.2) is 31.5 Å². The monoisotopic (exact) mass is 471 g/mol. The largest absolute Gasteiger partial charge is 0.432 e. The lowest BCUT2D eigenvalue weighted by atomic mass is 9.89. The Morgan fingerprint density at radius 2 is 1.78 bits per heavy atom. The summed E-state index contributed by atoms with van der Waals surface area (Å²) in [6.07, 6.45) is 0.338. The van der Waals surface area contributed by atoms with Gasteiger partial charge in [0.25, 0.3) is 0 Å². The summed E-state index contributed by atoms with van der Waals surface area (Å²) in [6, 6.07) is 9.52. The smallest absolute Gasteiger partial charge is 0.387 e. The molecular formula is C23H32F3N3O2S. The first-order valence-electron chi connectivity index (χ1n) is 10.2. The maximum Gasteiger partial charge on any atom is 0.387 e. The third-order valence-corrected chi connectivity index (χ3v) is 5.10. The average Bonchev–Trinajstić information content (AvgIpc) is 2.69. The number of nitrogens with two attached hydrogens (primary N) is 2. The topological polar surface area (TPSA) is 81.6 Å². The Bertz CT molecular complexity index is 876. The minimum absolute atomic E-state index is 0.122. The van der Waals surface area contributed by atoms with Gasteiger partial charge in [0.15, 0.2) is 11.6 Å². The van der Waals surface area contributed by atoms with Crippen LogP contribution < -0.4 is 15.6 Å². The summed E-state index contributed by atoms with van der Waals surface area (Å²) in [6.45, 7) is 3.10. The lowest BCUT2D eigenvalue weighted by Crippen LogP contribution is -2.18. The van der Waals surface area contributed by atoms with Crippen LogP contribution in [0.4, 0.5) is 13.2 Å². The minimum atomic E-state index is -3.10. The molecule has 0 aliphatic rings. The molecule has 1 amide bonds. The molecule has 0 atom stereocenters. The highest BCUT2D eigenvalue weighted by atomic mass is 32.2. The molecule has 0 aliphatic heterocycles. The summed E-state index contributed by atoms with van der Waals surface area (Å²) in [7, 11) is 4.12. The van der Waals surface area contributed by atoms with Crippen LogP contribution in [0.15, 0.2) is 35.2 Å². The average molecular weight is 472 g/mol. The van der Waals surface area contributed by atoms with Crippen molar-refractivity contribution >= 4 is 17.9 Å². The van der Waals surface area contributed by atoms with Crippen LogP contribution in [0.2, 0.25) is 0 Å². The van der Waals surface area contributed by atoms with E-state index in [-0.39, 0.29) is 17.9 Å². The van der Waals surface area contributed by atoms with E-state index in [0.717, 1.165) is 11.4 Å². The molecule has 0 bridgehead atoms. The molecule has 2 aromatic rings. The third kappa shape index (κ3) is 8.72. The van der Waals surface area contributed by atoms with Gasteiger partial charge in [0, 0.05) is 11.4 Å². The zero-order valence-electron chi connectivity index (χ0n) is 19.1. The molecule has 2 rings (SSSR count). The van der Waals surface area contributed by atoms with E-state index < -0.39 is 24.1 Å². The normalized spacial score (nSPS) is 11.0.